The predicted molar refractivity (Wildman–Crippen MR) is 113 cm³/mol. The average Bonchev–Trinajstić information content (AvgIpc) is 2.60. The normalized spacial score (nSPS) is 14.1. The molecule has 2 amide bonds. The lowest BCUT2D eigenvalue weighted by Gasteiger charge is -2.21. The van der Waals surface area contributed by atoms with Crippen LogP contribution in [0.2, 0.25) is 0 Å². The Morgan fingerprint density at radius 1 is 1.07 bits per heavy atom. The number of carbonyl (C=O) groups excluding carboxylic acids is 2. The van der Waals surface area contributed by atoms with Crippen LogP contribution in [0.5, 0.6) is 0 Å². The minimum Gasteiger partial charge on any atom is -0.326 e. The van der Waals surface area contributed by atoms with Crippen molar-refractivity contribution in [3.8, 4) is 0 Å². The number of amides is 2. The first-order chi connectivity index (χ1) is 13.4. The van der Waals surface area contributed by atoms with E-state index in [9.17, 15) is 18.0 Å². The van der Waals surface area contributed by atoms with Crippen LogP contribution in [0.15, 0.2) is 41.3 Å². The lowest BCUT2D eigenvalue weighted by atomic mass is 10.0. The van der Waals surface area contributed by atoms with Crippen molar-refractivity contribution in [2.75, 3.05) is 10.6 Å². The predicted octanol–water partition coefficient (Wildman–Crippen LogP) is 3.21. The summed E-state index contributed by atoms with van der Waals surface area (Å²) in [5, 5.41) is 5.62. The highest BCUT2D eigenvalue weighted by Gasteiger charge is 2.24. The molecule has 0 saturated carbocycles. The second kappa shape index (κ2) is 7.61. The van der Waals surface area contributed by atoms with Crippen LogP contribution >= 0.6 is 0 Å². The Kier molecular flexibility index (Phi) is 5.51. The molecule has 7 nitrogen and oxygen atoms in total. The number of benzene rings is 2. The van der Waals surface area contributed by atoms with Crippen molar-refractivity contribution >= 4 is 33.2 Å². The molecular weight excluding hydrogens is 390 g/mol. The third kappa shape index (κ3) is 5.02. The third-order valence-corrected chi connectivity index (χ3v) is 6.22. The number of carbonyl (C=O) groups is 2. The van der Waals surface area contributed by atoms with Gasteiger partial charge in [0, 0.05) is 28.9 Å². The molecule has 3 rings (SSSR count). The van der Waals surface area contributed by atoms with Gasteiger partial charge in [-0.3, -0.25) is 9.59 Å². The Labute approximate surface area is 171 Å². The summed E-state index contributed by atoms with van der Waals surface area (Å²) in [4.78, 5) is 24.3. The number of sulfonamides is 1. The van der Waals surface area contributed by atoms with E-state index in [0.717, 1.165) is 11.3 Å². The monoisotopic (exact) mass is 415 g/mol. The third-order valence-electron chi connectivity index (χ3n) is 4.46. The number of nitrogens with one attached hydrogen (secondary N) is 3. The van der Waals surface area contributed by atoms with E-state index in [0.29, 0.717) is 24.1 Å². The molecule has 2 aromatic carbocycles. The molecule has 1 heterocycles. The summed E-state index contributed by atoms with van der Waals surface area (Å²) >= 11 is 0. The van der Waals surface area contributed by atoms with Crippen LogP contribution < -0.4 is 15.4 Å². The van der Waals surface area contributed by atoms with Gasteiger partial charge in [-0.05, 0) is 75.6 Å². The van der Waals surface area contributed by atoms with Crippen molar-refractivity contribution in [3.05, 3.63) is 53.1 Å². The first kappa shape index (κ1) is 21.0. The maximum absolute atomic E-state index is 12.8. The van der Waals surface area contributed by atoms with Gasteiger partial charge in [-0.15, -0.1) is 0 Å². The maximum atomic E-state index is 12.8. The lowest BCUT2D eigenvalue weighted by molar-refractivity contribution is -0.116. The summed E-state index contributed by atoms with van der Waals surface area (Å²) in [6, 6.07) is 9.78. The van der Waals surface area contributed by atoms with Crippen LogP contribution in [-0.4, -0.2) is 25.8 Å². The molecule has 8 heteroatoms. The Morgan fingerprint density at radius 2 is 1.79 bits per heavy atom. The minimum absolute atomic E-state index is 0.0215. The molecule has 0 saturated heterocycles. The molecule has 0 spiro atoms. The van der Waals surface area contributed by atoms with Crippen LogP contribution in [0, 0.1) is 6.92 Å². The smallest absolute Gasteiger partial charge is 0.255 e. The zero-order valence-electron chi connectivity index (χ0n) is 16.9. The highest BCUT2D eigenvalue weighted by atomic mass is 32.2. The van der Waals surface area contributed by atoms with E-state index < -0.39 is 21.5 Å². The van der Waals surface area contributed by atoms with E-state index in [1.807, 2.05) is 6.07 Å². The molecule has 2 aromatic rings. The molecule has 0 radical (unpaired) electrons. The molecule has 3 N–H and O–H groups in total. The molecule has 1 aliphatic heterocycles. The van der Waals surface area contributed by atoms with Gasteiger partial charge in [-0.1, -0.05) is 6.07 Å². The van der Waals surface area contributed by atoms with E-state index >= 15 is 0 Å². The number of rotatable bonds is 4. The lowest BCUT2D eigenvalue weighted by Crippen LogP contribution is -2.40. The fraction of sp³-hybridized carbons (Fsp3) is 0.333. The van der Waals surface area contributed by atoms with Crippen molar-refractivity contribution in [2.45, 2.75) is 51.0 Å². The number of fused-ring (bicyclic) bond motifs is 1. The van der Waals surface area contributed by atoms with Gasteiger partial charge in [0.2, 0.25) is 15.9 Å². The van der Waals surface area contributed by atoms with Crippen molar-refractivity contribution in [1.82, 2.24) is 4.72 Å². The first-order valence-electron chi connectivity index (χ1n) is 9.33. The fourth-order valence-electron chi connectivity index (χ4n) is 3.13. The first-order valence-corrected chi connectivity index (χ1v) is 10.8. The molecular formula is C21H25N3O4S. The molecule has 0 atom stereocenters. The van der Waals surface area contributed by atoms with Crippen molar-refractivity contribution in [2.24, 2.45) is 0 Å². The van der Waals surface area contributed by atoms with Crippen LogP contribution in [0.3, 0.4) is 0 Å². The van der Waals surface area contributed by atoms with Crippen LogP contribution in [0.1, 0.15) is 48.7 Å². The van der Waals surface area contributed by atoms with Gasteiger partial charge in [0.15, 0.2) is 0 Å². The highest BCUT2D eigenvalue weighted by molar-refractivity contribution is 7.89. The summed E-state index contributed by atoms with van der Waals surface area (Å²) in [5.41, 5.74) is 2.60. The quantitative estimate of drug-likeness (QED) is 0.713. The van der Waals surface area contributed by atoms with Gasteiger partial charge >= 0.3 is 0 Å². The van der Waals surface area contributed by atoms with Gasteiger partial charge < -0.3 is 10.6 Å². The number of aryl methyl sites for hydroxylation is 2. The molecule has 0 bridgehead atoms. The number of anilines is 2. The summed E-state index contributed by atoms with van der Waals surface area (Å²) in [7, 11) is -3.75. The molecule has 29 heavy (non-hydrogen) atoms. The summed E-state index contributed by atoms with van der Waals surface area (Å²) in [6.07, 6.45) is 1.01. The number of hydrogen-bond donors (Lipinski definition) is 3. The molecule has 0 aromatic heterocycles. The Hall–Kier alpha value is -2.71. The van der Waals surface area contributed by atoms with Crippen molar-refractivity contribution in [3.63, 3.8) is 0 Å². The molecule has 0 aliphatic carbocycles. The second-order valence-electron chi connectivity index (χ2n) is 8.21. The summed E-state index contributed by atoms with van der Waals surface area (Å²) in [5.74, 6) is -0.415. The van der Waals surface area contributed by atoms with Gasteiger partial charge in [0.25, 0.3) is 5.91 Å². The standard InChI is InChI=1S/C21H25N3O4S/c1-13-5-8-16(29(27,28)24-21(2,3)4)12-17(13)20(26)22-15-7-9-18-14(11-15)6-10-19(25)23-18/h5,7-9,11-12,24H,6,10H2,1-4H3,(H,22,26)(H,23,25). The average molecular weight is 416 g/mol. The van der Waals surface area contributed by atoms with E-state index in [4.69, 9.17) is 0 Å². The molecule has 0 unspecified atom stereocenters. The summed E-state index contributed by atoms with van der Waals surface area (Å²) in [6.45, 7) is 7.02. The topological polar surface area (TPSA) is 104 Å². The van der Waals surface area contributed by atoms with E-state index in [2.05, 4.69) is 15.4 Å². The maximum Gasteiger partial charge on any atom is 0.255 e. The number of hydrogen-bond acceptors (Lipinski definition) is 4. The Morgan fingerprint density at radius 3 is 2.48 bits per heavy atom. The largest absolute Gasteiger partial charge is 0.326 e. The van der Waals surface area contributed by atoms with E-state index in [1.165, 1.54) is 12.1 Å². The highest BCUT2D eigenvalue weighted by Crippen LogP contribution is 2.26. The fourth-order valence-corrected chi connectivity index (χ4v) is 4.58. The SMILES string of the molecule is Cc1ccc(S(=O)(=O)NC(C)(C)C)cc1C(=O)Nc1ccc2c(c1)CCC(=O)N2. The van der Waals surface area contributed by atoms with Crippen molar-refractivity contribution < 1.29 is 18.0 Å². The zero-order valence-corrected chi connectivity index (χ0v) is 17.7. The van der Waals surface area contributed by atoms with E-state index in [1.54, 1.807) is 45.9 Å². The van der Waals surface area contributed by atoms with E-state index in [-0.39, 0.29) is 16.4 Å². The minimum atomic E-state index is -3.75. The summed E-state index contributed by atoms with van der Waals surface area (Å²) < 4.78 is 27.8. The zero-order chi connectivity index (χ0) is 21.4. The molecule has 154 valence electrons. The van der Waals surface area contributed by atoms with Gasteiger partial charge in [0.1, 0.15) is 0 Å². The van der Waals surface area contributed by atoms with Crippen molar-refractivity contribution in [1.29, 1.82) is 0 Å². The Bertz CT molecular complexity index is 1090. The van der Waals surface area contributed by atoms with Gasteiger partial charge in [-0.2, -0.15) is 0 Å². The molecule has 0 fully saturated rings. The van der Waals surface area contributed by atoms with Crippen LogP contribution in [0.25, 0.3) is 0 Å². The van der Waals surface area contributed by atoms with Gasteiger partial charge in [-0.25, -0.2) is 13.1 Å². The Balaban J connectivity index is 1.85. The van der Waals surface area contributed by atoms with Gasteiger partial charge in [0.05, 0.1) is 4.90 Å². The van der Waals surface area contributed by atoms with Crippen LogP contribution in [-0.2, 0) is 21.2 Å². The van der Waals surface area contributed by atoms with Crippen LogP contribution in [0.4, 0.5) is 11.4 Å². The molecule has 1 aliphatic rings. The second-order valence-corrected chi connectivity index (χ2v) is 9.89.